The van der Waals surface area contributed by atoms with Gasteiger partial charge >= 0.3 is 0 Å². The molecule has 0 spiro atoms. The minimum absolute atomic E-state index is 0.0263. The van der Waals surface area contributed by atoms with E-state index in [0.717, 1.165) is 38.8 Å². The topological polar surface area (TPSA) is 47.9 Å². The van der Waals surface area contributed by atoms with Crippen LogP contribution >= 0.6 is 0 Å². The summed E-state index contributed by atoms with van der Waals surface area (Å²) in [7, 11) is 0. The first-order valence-corrected chi connectivity index (χ1v) is 13.2. The molecule has 5 aromatic carbocycles. The van der Waals surface area contributed by atoms with E-state index >= 15 is 0 Å². The van der Waals surface area contributed by atoms with Crippen molar-refractivity contribution in [2.45, 2.75) is 12.0 Å². The lowest BCUT2D eigenvalue weighted by atomic mass is 9.84. The molecule has 2 atom stereocenters. The lowest BCUT2D eigenvalue weighted by Gasteiger charge is -2.22. The zero-order chi connectivity index (χ0) is 25.8. The molecule has 0 saturated heterocycles. The lowest BCUT2D eigenvalue weighted by Crippen LogP contribution is -2.20. The molecule has 0 saturated carbocycles. The Morgan fingerprint density at radius 1 is 0.590 bits per heavy atom. The Labute approximate surface area is 226 Å². The van der Waals surface area contributed by atoms with Crippen LogP contribution in [0.1, 0.15) is 17.3 Å². The molecule has 0 fully saturated rings. The highest BCUT2D eigenvalue weighted by Gasteiger charge is 2.38. The van der Waals surface area contributed by atoms with E-state index in [1.165, 1.54) is 10.8 Å². The molecule has 0 amide bonds. The van der Waals surface area contributed by atoms with Crippen LogP contribution in [0.2, 0.25) is 0 Å². The highest BCUT2D eigenvalue weighted by Crippen LogP contribution is 2.47. The molecule has 1 aliphatic heterocycles. The average Bonchev–Trinajstić information content (AvgIpc) is 3.40. The Balaban J connectivity index is 1.39. The number of fused-ring (bicyclic) bond motifs is 6. The first-order valence-electron chi connectivity index (χ1n) is 13.2. The lowest BCUT2D eigenvalue weighted by molar-refractivity contribution is 0.271. The second-order valence-corrected chi connectivity index (χ2v) is 9.97. The van der Waals surface area contributed by atoms with Gasteiger partial charge in [0, 0.05) is 22.3 Å². The zero-order valence-corrected chi connectivity index (χ0v) is 21.0. The minimum Gasteiger partial charge on any atom is -0.485 e. The van der Waals surface area contributed by atoms with E-state index in [4.69, 9.17) is 19.7 Å². The molecule has 2 unspecified atom stereocenters. The van der Waals surface area contributed by atoms with Gasteiger partial charge in [-0.1, -0.05) is 109 Å². The second-order valence-electron chi connectivity index (χ2n) is 9.97. The third-order valence-electron chi connectivity index (χ3n) is 7.69. The fraction of sp³-hybridized carbons (Fsp3) is 0.0571. The molecule has 4 nitrogen and oxygen atoms in total. The third kappa shape index (κ3) is 3.57. The van der Waals surface area contributed by atoms with Crippen LogP contribution in [0.15, 0.2) is 127 Å². The van der Waals surface area contributed by atoms with Crippen LogP contribution in [0.5, 0.6) is 5.75 Å². The Kier molecular flexibility index (Phi) is 4.92. The number of allylic oxidation sites excluding steroid dienone is 2. The first-order chi connectivity index (χ1) is 19.3. The number of hydrogen-bond donors (Lipinski definition) is 0. The van der Waals surface area contributed by atoms with E-state index in [0.29, 0.717) is 17.5 Å². The Hall–Kier alpha value is -5.09. The van der Waals surface area contributed by atoms with Crippen LogP contribution in [0, 0.1) is 0 Å². The van der Waals surface area contributed by atoms with Gasteiger partial charge in [0.1, 0.15) is 11.9 Å². The quantitative estimate of drug-likeness (QED) is 0.231. The maximum absolute atomic E-state index is 6.30. The number of benzene rings is 5. The van der Waals surface area contributed by atoms with E-state index in [9.17, 15) is 0 Å². The molecule has 8 rings (SSSR count). The molecule has 2 aliphatic rings. The van der Waals surface area contributed by atoms with Gasteiger partial charge in [-0.2, -0.15) is 0 Å². The summed E-state index contributed by atoms with van der Waals surface area (Å²) >= 11 is 0. The summed E-state index contributed by atoms with van der Waals surface area (Å²) in [6.07, 6.45) is 6.22. The van der Waals surface area contributed by atoms with Crippen molar-refractivity contribution in [3.05, 3.63) is 139 Å². The van der Waals surface area contributed by atoms with Crippen molar-refractivity contribution in [3.8, 4) is 28.5 Å². The van der Waals surface area contributed by atoms with Gasteiger partial charge in [0.25, 0.3) is 0 Å². The molecule has 0 bridgehead atoms. The monoisotopic (exact) mass is 501 g/mol. The number of para-hydroxylation sites is 1. The second kappa shape index (κ2) is 8.74. The molecule has 1 aromatic heterocycles. The van der Waals surface area contributed by atoms with Gasteiger partial charge in [-0.3, -0.25) is 0 Å². The summed E-state index contributed by atoms with van der Waals surface area (Å²) < 4.78 is 6.30. The zero-order valence-electron chi connectivity index (χ0n) is 21.0. The van der Waals surface area contributed by atoms with Gasteiger partial charge in [-0.25, -0.2) is 15.0 Å². The van der Waals surface area contributed by atoms with Crippen LogP contribution in [0.4, 0.5) is 0 Å². The van der Waals surface area contributed by atoms with Crippen LogP contribution in [-0.4, -0.2) is 21.1 Å². The molecule has 39 heavy (non-hydrogen) atoms. The van der Waals surface area contributed by atoms with Gasteiger partial charge in [0.15, 0.2) is 17.5 Å². The Morgan fingerprint density at radius 3 is 2.18 bits per heavy atom. The standard InChI is InChI=1S/C35H23N3O/c1-2-11-22(12-3-1)33-36-34(28-18-10-20-31-32(28)27-17-8-9-19-30(27)39-31)38-35(37-33)29-21-23-13-4-5-14-24(23)25-15-6-7-16-26(25)29/h1-21,31-32H. The smallest absolute Gasteiger partial charge is 0.164 e. The molecule has 4 heteroatoms. The van der Waals surface area contributed by atoms with E-state index < -0.39 is 0 Å². The van der Waals surface area contributed by atoms with Crippen molar-refractivity contribution in [3.63, 3.8) is 0 Å². The molecular weight excluding hydrogens is 478 g/mol. The largest absolute Gasteiger partial charge is 0.485 e. The van der Waals surface area contributed by atoms with E-state index in [1.54, 1.807) is 0 Å². The van der Waals surface area contributed by atoms with Gasteiger partial charge in [0.05, 0.1) is 5.92 Å². The maximum atomic E-state index is 6.30. The van der Waals surface area contributed by atoms with Crippen LogP contribution in [-0.2, 0) is 0 Å². The number of aromatic nitrogens is 3. The summed E-state index contributed by atoms with van der Waals surface area (Å²) in [5, 5.41) is 4.69. The van der Waals surface area contributed by atoms with Gasteiger partial charge in [-0.15, -0.1) is 0 Å². The molecule has 0 radical (unpaired) electrons. The van der Waals surface area contributed by atoms with Crippen molar-refractivity contribution in [2.24, 2.45) is 0 Å². The normalized spacial score (nSPS) is 17.5. The van der Waals surface area contributed by atoms with Crippen molar-refractivity contribution in [2.75, 3.05) is 0 Å². The molecule has 0 N–H and O–H groups in total. The van der Waals surface area contributed by atoms with Crippen LogP contribution < -0.4 is 4.74 Å². The van der Waals surface area contributed by atoms with Gasteiger partial charge < -0.3 is 4.74 Å². The Bertz CT molecular complexity index is 1960. The molecule has 6 aromatic rings. The summed E-state index contributed by atoms with van der Waals surface area (Å²) in [5.41, 5.74) is 4.16. The third-order valence-corrected chi connectivity index (χ3v) is 7.69. The van der Waals surface area contributed by atoms with Crippen molar-refractivity contribution in [1.29, 1.82) is 0 Å². The van der Waals surface area contributed by atoms with Gasteiger partial charge in [0.2, 0.25) is 0 Å². The molecular formula is C35H23N3O. The summed E-state index contributed by atoms with van der Waals surface area (Å²) in [5.74, 6) is 2.95. The average molecular weight is 502 g/mol. The molecule has 184 valence electrons. The predicted octanol–water partition coefficient (Wildman–Crippen LogP) is 8.01. The number of rotatable bonds is 3. The fourth-order valence-corrected chi connectivity index (χ4v) is 5.90. The van der Waals surface area contributed by atoms with Gasteiger partial charge in [-0.05, 0) is 39.8 Å². The molecule has 2 heterocycles. The van der Waals surface area contributed by atoms with E-state index in [-0.39, 0.29) is 12.0 Å². The van der Waals surface area contributed by atoms with Crippen molar-refractivity contribution >= 4 is 27.1 Å². The van der Waals surface area contributed by atoms with Crippen LogP contribution in [0.3, 0.4) is 0 Å². The molecule has 1 aliphatic carbocycles. The van der Waals surface area contributed by atoms with E-state index in [2.05, 4.69) is 85.0 Å². The van der Waals surface area contributed by atoms with E-state index in [1.807, 2.05) is 42.5 Å². The number of hydrogen-bond acceptors (Lipinski definition) is 4. The highest BCUT2D eigenvalue weighted by molar-refractivity contribution is 6.13. The number of nitrogens with zero attached hydrogens (tertiary/aromatic N) is 3. The van der Waals surface area contributed by atoms with Crippen LogP contribution in [0.25, 0.3) is 49.9 Å². The summed E-state index contributed by atoms with van der Waals surface area (Å²) in [6, 6.07) is 37.6. The minimum atomic E-state index is -0.0794. The predicted molar refractivity (Wildman–Crippen MR) is 156 cm³/mol. The summed E-state index contributed by atoms with van der Waals surface area (Å²) in [4.78, 5) is 15.3. The van der Waals surface area contributed by atoms with Crippen molar-refractivity contribution in [1.82, 2.24) is 15.0 Å². The summed E-state index contributed by atoms with van der Waals surface area (Å²) in [6.45, 7) is 0. The Morgan fingerprint density at radius 2 is 1.28 bits per heavy atom. The fourth-order valence-electron chi connectivity index (χ4n) is 5.90. The van der Waals surface area contributed by atoms with Crippen molar-refractivity contribution < 1.29 is 4.74 Å². The highest BCUT2D eigenvalue weighted by atomic mass is 16.5. The SMILES string of the molecule is C1=CC2Oc3ccccc3C2C(c2nc(-c3ccccc3)nc(-c3cc4ccccc4c4ccccc34)n2)=C1. The number of ether oxygens (including phenoxy) is 1. The first kappa shape index (κ1) is 21.9. The maximum Gasteiger partial charge on any atom is 0.164 e.